The van der Waals surface area contributed by atoms with Crippen molar-refractivity contribution in [2.75, 3.05) is 24.2 Å². The van der Waals surface area contributed by atoms with Crippen LogP contribution >= 0.6 is 34.4 Å². The summed E-state index contributed by atoms with van der Waals surface area (Å²) in [5.74, 6) is 0.509. The number of ether oxygens (including phenoxy) is 1. The zero-order chi connectivity index (χ0) is 20.9. The van der Waals surface area contributed by atoms with Crippen LogP contribution in [0.2, 0.25) is 0 Å². The van der Waals surface area contributed by atoms with Crippen molar-refractivity contribution in [1.82, 2.24) is 14.8 Å². The van der Waals surface area contributed by atoms with Gasteiger partial charge in [0, 0.05) is 41.5 Å². The van der Waals surface area contributed by atoms with Crippen LogP contribution in [0.25, 0.3) is 0 Å². The molecule has 9 heteroatoms. The largest absolute Gasteiger partial charge is 0.376 e. The van der Waals surface area contributed by atoms with Crippen molar-refractivity contribution in [3.05, 3.63) is 45.4 Å². The Morgan fingerprint density at radius 3 is 3.07 bits per heavy atom. The molecule has 1 aliphatic heterocycles. The number of nitrogens with one attached hydrogen (secondary N) is 1. The second kappa shape index (κ2) is 10.1. The monoisotopic (exact) mass is 462 g/mol. The number of hydrogen-bond acceptors (Lipinski definition) is 8. The average molecular weight is 463 g/mol. The summed E-state index contributed by atoms with van der Waals surface area (Å²) >= 11 is 4.72. The van der Waals surface area contributed by atoms with E-state index in [0.717, 1.165) is 65.4 Å². The first-order valence-corrected chi connectivity index (χ1v) is 12.8. The lowest BCUT2D eigenvalue weighted by Gasteiger charge is -2.09. The lowest BCUT2D eigenvalue weighted by atomic mass is 10.2. The van der Waals surface area contributed by atoms with Gasteiger partial charge in [-0.1, -0.05) is 29.2 Å². The number of hydrogen-bond donors (Lipinski definition) is 1. The Labute approximate surface area is 189 Å². The summed E-state index contributed by atoms with van der Waals surface area (Å²) in [6.07, 6.45) is 3.47. The van der Waals surface area contributed by atoms with Gasteiger partial charge in [-0.25, -0.2) is 0 Å². The standard InChI is InChI=1S/C21H26N4O2S3/c1-14-11-18(15(2)25(14)8-7-17-6-4-10-28-17)19(26)13-29-21-24-23-20(30-21)22-12-16-5-3-9-27-16/h4,6,10-11,16H,3,5,7-9,12-13H2,1-2H3,(H,22,23). The van der Waals surface area contributed by atoms with Gasteiger partial charge < -0.3 is 14.6 Å². The van der Waals surface area contributed by atoms with Gasteiger partial charge in [0.15, 0.2) is 10.1 Å². The van der Waals surface area contributed by atoms with Gasteiger partial charge in [0.05, 0.1) is 11.9 Å². The smallest absolute Gasteiger partial charge is 0.206 e. The topological polar surface area (TPSA) is 69.0 Å². The normalized spacial score (nSPS) is 16.3. The van der Waals surface area contributed by atoms with Crippen molar-refractivity contribution in [1.29, 1.82) is 0 Å². The number of aromatic nitrogens is 3. The van der Waals surface area contributed by atoms with E-state index < -0.39 is 0 Å². The van der Waals surface area contributed by atoms with Crippen molar-refractivity contribution < 1.29 is 9.53 Å². The van der Waals surface area contributed by atoms with Gasteiger partial charge in [-0.05, 0) is 50.6 Å². The fourth-order valence-electron chi connectivity index (χ4n) is 3.66. The van der Waals surface area contributed by atoms with Gasteiger partial charge >= 0.3 is 0 Å². The number of Topliss-reactive ketones (excluding diaryl/α,β-unsaturated/α-hetero) is 1. The van der Waals surface area contributed by atoms with E-state index in [1.54, 1.807) is 11.3 Å². The van der Waals surface area contributed by atoms with Gasteiger partial charge in [-0.15, -0.1) is 21.5 Å². The molecule has 1 N–H and O–H groups in total. The van der Waals surface area contributed by atoms with E-state index in [1.807, 2.05) is 13.0 Å². The van der Waals surface area contributed by atoms with Crippen LogP contribution in [-0.4, -0.2) is 45.6 Å². The molecule has 0 amide bonds. The molecule has 1 saturated heterocycles. The third-order valence-electron chi connectivity index (χ3n) is 5.27. The average Bonchev–Trinajstić information content (AvgIpc) is 3.53. The molecule has 0 radical (unpaired) electrons. The number of aryl methyl sites for hydroxylation is 2. The minimum Gasteiger partial charge on any atom is -0.376 e. The van der Waals surface area contributed by atoms with E-state index in [1.165, 1.54) is 28.0 Å². The Kier molecular flexibility index (Phi) is 7.24. The van der Waals surface area contributed by atoms with Gasteiger partial charge in [-0.3, -0.25) is 4.79 Å². The summed E-state index contributed by atoms with van der Waals surface area (Å²) in [5.41, 5.74) is 2.99. The maximum absolute atomic E-state index is 12.8. The zero-order valence-electron chi connectivity index (χ0n) is 17.2. The first-order chi connectivity index (χ1) is 14.6. The first-order valence-electron chi connectivity index (χ1n) is 10.1. The highest BCUT2D eigenvalue weighted by Gasteiger charge is 2.18. The first kappa shape index (κ1) is 21.5. The number of thioether (sulfide) groups is 1. The highest BCUT2D eigenvalue weighted by molar-refractivity contribution is 8.01. The van der Waals surface area contributed by atoms with E-state index in [0.29, 0.717) is 5.75 Å². The molecule has 1 fully saturated rings. The van der Waals surface area contributed by atoms with Crippen LogP contribution < -0.4 is 5.32 Å². The van der Waals surface area contributed by atoms with Crippen molar-refractivity contribution >= 4 is 45.4 Å². The highest BCUT2D eigenvalue weighted by atomic mass is 32.2. The number of nitrogens with zero attached hydrogens (tertiary/aromatic N) is 3. The molecule has 1 atom stereocenters. The number of anilines is 1. The van der Waals surface area contributed by atoms with E-state index in [9.17, 15) is 4.79 Å². The number of ketones is 1. The summed E-state index contributed by atoms with van der Waals surface area (Å²) in [7, 11) is 0. The number of carbonyl (C=O) groups excluding carboxylic acids is 1. The molecule has 3 aromatic rings. The van der Waals surface area contributed by atoms with Crippen LogP contribution in [0.15, 0.2) is 27.9 Å². The Balaban J connectivity index is 1.30. The molecule has 0 bridgehead atoms. The van der Waals surface area contributed by atoms with Crippen LogP contribution in [0.4, 0.5) is 5.13 Å². The van der Waals surface area contributed by atoms with Crippen molar-refractivity contribution in [3.8, 4) is 0 Å². The predicted octanol–water partition coefficient (Wildman–Crippen LogP) is 4.83. The molecule has 160 valence electrons. The fourth-order valence-corrected chi connectivity index (χ4v) is 6.00. The Bertz CT molecular complexity index is 975. The zero-order valence-corrected chi connectivity index (χ0v) is 19.7. The lowest BCUT2D eigenvalue weighted by Crippen LogP contribution is -2.18. The minimum absolute atomic E-state index is 0.138. The van der Waals surface area contributed by atoms with Crippen LogP contribution in [0.1, 0.15) is 39.5 Å². The van der Waals surface area contributed by atoms with Gasteiger partial charge in [0.25, 0.3) is 0 Å². The molecule has 6 nitrogen and oxygen atoms in total. The highest BCUT2D eigenvalue weighted by Crippen LogP contribution is 2.27. The van der Waals surface area contributed by atoms with Crippen LogP contribution in [0, 0.1) is 13.8 Å². The molecule has 1 unspecified atom stereocenters. The van der Waals surface area contributed by atoms with Crippen molar-refractivity contribution in [2.45, 2.75) is 50.1 Å². The van der Waals surface area contributed by atoms with Crippen molar-refractivity contribution in [3.63, 3.8) is 0 Å². The molecule has 0 saturated carbocycles. The summed E-state index contributed by atoms with van der Waals surface area (Å²) in [5, 5.41) is 14.6. The second-order valence-corrected chi connectivity index (χ2v) is 10.6. The summed E-state index contributed by atoms with van der Waals surface area (Å²) in [4.78, 5) is 14.2. The lowest BCUT2D eigenvalue weighted by molar-refractivity contribution is 0.102. The van der Waals surface area contributed by atoms with Crippen LogP contribution in [0.3, 0.4) is 0 Å². The number of carbonyl (C=O) groups is 1. The Morgan fingerprint density at radius 2 is 2.30 bits per heavy atom. The third-order valence-corrected chi connectivity index (χ3v) is 8.22. The maximum Gasteiger partial charge on any atom is 0.206 e. The number of thiophene rings is 1. The molecule has 3 aromatic heterocycles. The molecule has 0 aliphatic carbocycles. The van der Waals surface area contributed by atoms with E-state index >= 15 is 0 Å². The van der Waals surface area contributed by atoms with Crippen LogP contribution in [-0.2, 0) is 17.7 Å². The quantitative estimate of drug-likeness (QED) is 0.344. The fraction of sp³-hybridized carbons (Fsp3) is 0.476. The summed E-state index contributed by atoms with van der Waals surface area (Å²) in [6, 6.07) is 6.26. The van der Waals surface area contributed by atoms with Gasteiger partial charge in [-0.2, -0.15) is 0 Å². The molecule has 30 heavy (non-hydrogen) atoms. The molecule has 4 rings (SSSR count). The summed E-state index contributed by atoms with van der Waals surface area (Å²) < 4.78 is 8.67. The minimum atomic E-state index is 0.138. The van der Waals surface area contributed by atoms with Gasteiger partial charge in [0.2, 0.25) is 5.13 Å². The number of rotatable bonds is 10. The van der Waals surface area contributed by atoms with E-state index in [2.05, 4.69) is 44.5 Å². The van der Waals surface area contributed by atoms with E-state index in [4.69, 9.17) is 4.74 Å². The summed E-state index contributed by atoms with van der Waals surface area (Å²) in [6.45, 7) is 6.62. The molecular weight excluding hydrogens is 436 g/mol. The third kappa shape index (κ3) is 5.32. The molecule has 0 aromatic carbocycles. The van der Waals surface area contributed by atoms with Crippen LogP contribution in [0.5, 0.6) is 0 Å². The molecular formula is C21H26N4O2S3. The molecule has 1 aliphatic rings. The Morgan fingerprint density at radius 1 is 1.40 bits per heavy atom. The molecule has 0 spiro atoms. The van der Waals surface area contributed by atoms with E-state index in [-0.39, 0.29) is 11.9 Å². The SMILES string of the molecule is Cc1cc(C(=O)CSc2nnc(NCC3CCCO3)s2)c(C)n1CCc1cccs1. The Hall–Kier alpha value is -1.68. The van der Waals surface area contributed by atoms with Crippen molar-refractivity contribution in [2.24, 2.45) is 0 Å². The molecule has 4 heterocycles. The van der Waals surface area contributed by atoms with Gasteiger partial charge in [0.1, 0.15) is 0 Å². The predicted molar refractivity (Wildman–Crippen MR) is 124 cm³/mol. The second-order valence-electron chi connectivity index (χ2n) is 7.37. The maximum atomic E-state index is 12.8.